The molecule has 0 radical (unpaired) electrons. The van der Waals surface area contributed by atoms with Gasteiger partial charge in [0.15, 0.2) is 0 Å². The average molecular weight is 241 g/mol. The first-order valence-electron chi connectivity index (χ1n) is 6.84. The lowest BCUT2D eigenvalue weighted by Gasteiger charge is -2.38. The Morgan fingerprint density at radius 2 is 1.88 bits per heavy atom. The topological polar surface area (TPSA) is 35.6 Å². The molecule has 4 heteroatoms. The predicted octanol–water partition coefficient (Wildman–Crippen LogP) is 0.927. The lowest BCUT2D eigenvalue weighted by Crippen LogP contribution is -2.50. The zero-order valence-electron chi connectivity index (χ0n) is 11.7. The number of hydrogen-bond acceptors (Lipinski definition) is 3. The molecule has 1 amide bonds. The van der Waals surface area contributed by atoms with Crippen molar-refractivity contribution in [2.45, 2.75) is 45.7 Å². The van der Waals surface area contributed by atoms with Crippen LogP contribution in [0.1, 0.15) is 33.6 Å². The molecule has 1 aliphatic rings. The van der Waals surface area contributed by atoms with Crippen LogP contribution in [0.2, 0.25) is 0 Å². The second-order valence-corrected chi connectivity index (χ2v) is 4.79. The molecule has 1 saturated heterocycles. The molecule has 4 nitrogen and oxygen atoms in total. The second kappa shape index (κ2) is 6.97. The zero-order valence-corrected chi connectivity index (χ0v) is 11.7. The highest BCUT2D eigenvalue weighted by molar-refractivity contribution is 5.81. The highest BCUT2D eigenvalue weighted by Gasteiger charge is 2.27. The molecule has 1 fully saturated rings. The number of likely N-dealkylation sites (tertiary alicyclic amines) is 1. The van der Waals surface area contributed by atoms with Crippen molar-refractivity contribution in [3.8, 4) is 0 Å². The fourth-order valence-electron chi connectivity index (χ4n) is 2.59. The Balaban J connectivity index is 2.42. The largest absolute Gasteiger partial charge is 0.341 e. The highest BCUT2D eigenvalue weighted by atomic mass is 16.2. The van der Waals surface area contributed by atoms with Crippen LogP contribution >= 0.6 is 0 Å². The molecule has 0 bridgehead atoms. The maximum atomic E-state index is 12.0. The minimum Gasteiger partial charge on any atom is -0.341 e. The predicted molar refractivity (Wildman–Crippen MR) is 71.0 cm³/mol. The number of carbonyl (C=O) groups is 1. The molecular weight excluding hydrogens is 214 g/mol. The smallest absolute Gasteiger partial charge is 0.239 e. The van der Waals surface area contributed by atoms with E-state index in [2.05, 4.69) is 24.1 Å². The van der Waals surface area contributed by atoms with Crippen LogP contribution in [-0.2, 0) is 4.79 Å². The molecule has 0 aromatic rings. The number of amides is 1. The van der Waals surface area contributed by atoms with Crippen molar-refractivity contribution < 1.29 is 4.79 Å². The van der Waals surface area contributed by atoms with E-state index in [1.54, 1.807) is 0 Å². The molecule has 1 atom stereocenters. The van der Waals surface area contributed by atoms with Gasteiger partial charge < -0.3 is 15.1 Å². The highest BCUT2D eigenvalue weighted by Crippen LogP contribution is 2.16. The van der Waals surface area contributed by atoms with Crippen LogP contribution in [0.15, 0.2) is 0 Å². The van der Waals surface area contributed by atoms with E-state index in [1.807, 2.05) is 18.9 Å². The summed E-state index contributed by atoms with van der Waals surface area (Å²) < 4.78 is 0. The molecule has 1 unspecified atom stereocenters. The van der Waals surface area contributed by atoms with Gasteiger partial charge in [0.2, 0.25) is 5.91 Å². The normalized spacial score (nSPS) is 19.7. The van der Waals surface area contributed by atoms with Gasteiger partial charge in [0.1, 0.15) is 0 Å². The first kappa shape index (κ1) is 14.5. The van der Waals surface area contributed by atoms with Crippen molar-refractivity contribution in [2.75, 3.05) is 33.2 Å². The summed E-state index contributed by atoms with van der Waals surface area (Å²) in [5.74, 6) is 0.241. The lowest BCUT2D eigenvalue weighted by molar-refractivity contribution is -0.134. The minimum absolute atomic E-state index is 0.0556. The van der Waals surface area contributed by atoms with E-state index < -0.39 is 0 Å². The van der Waals surface area contributed by atoms with Crippen molar-refractivity contribution in [3.05, 3.63) is 0 Å². The quantitative estimate of drug-likeness (QED) is 0.778. The molecule has 100 valence electrons. The van der Waals surface area contributed by atoms with Gasteiger partial charge in [0.25, 0.3) is 0 Å². The summed E-state index contributed by atoms with van der Waals surface area (Å²) >= 11 is 0. The van der Waals surface area contributed by atoms with Gasteiger partial charge in [0, 0.05) is 19.1 Å². The van der Waals surface area contributed by atoms with E-state index in [1.165, 1.54) is 0 Å². The monoisotopic (exact) mass is 241 g/mol. The molecule has 0 aliphatic carbocycles. The summed E-state index contributed by atoms with van der Waals surface area (Å²) in [5.41, 5.74) is 0. The third-order valence-electron chi connectivity index (χ3n) is 3.91. The van der Waals surface area contributed by atoms with Gasteiger partial charge in [-0.1, -0.05) is 13.8 Å². The molecule has 0 aromatic heterocycles. The van der Waals surface area contributed by atoms with Crippen LogP contribution in [0.3, 0.4) is 0 Å². The summed E-state index contributed by atoms with van der Waals surface area (Å²) in [6.07, 6.45) is 2.23. The van der Waals surface area contributed by atoms with Crippen molar-refractivity contribution in [3.63, 3.8) is 0 Å². The Kier molecular flexibility index (Phi) is 5.92. The van der Waals surface area contributed by atoms with Crippen molar-refractivity contribution >= 4 is 5.91 Å². The number of rotatable bonds is 5. The molecule has 1 N–H and O–H groups in total. The van der Waals surface area contributed by atoms with E-state index in [0.29, 0.717) is 6.04 Å². The minimum atomic E-state index is -0.0556. The summed E-state index contributed by atoms with van der Waals surface area (Å²) in [7, 11) is 1.84. The fourth-order valence-corrected chi connectivity index (χ4v) is 2.59. The molecule has 0 spiro atoms. The lowest BCUT2D eigenvalue weighted by atomic mass is 10.0. The maximum absolute atomic E-state index is 12.0. The zero-order chi connectivity index (χ0) is 12.8. The molecule has 0 aromatic carbocycles. The van der Waals surface area contributed by atoms with Crippen LogP contribution in [0.5, 0.6) is 0 Å². The number of hydrogen-bond donors (Lipinski definition) is 1. The van der Waals surface area contributed by atoms with Gasteiger partial charge in [-0.3, -0.25) is 4.79 Å². The molecule has 17 heavy (non-hydrogen) atoms. The number of nitrogens with one attached hydrogen (secondary N) is 1. The second-order valence-electron chi connectivity index (χ2n) is 4.79. The van der Waals surface area contributed by atoms with Crippen LogP contribution in [0, 0.1) is 0 Å². The van der Waals surface area contributed by atoms with Crippen molar-refractivity contribution in [2.24, 2.45) is 0 Å². The van der Waals surface area contributed by atoms with E-state index in [9.17, 15) is 4.79 Å². The number of carbonyl (C=O) groups excluding carboxylic acids is 1. The van der Waals surface area contributed by atoms with Gasteiger partial charge in [-0.2, -0.15) is 0 Å². The number of likely N-dealkylation sites (N-methyl/N-ethyl adjacent to an activating group) is 1. The molecule has 1 heterocycles. The Bertz CT molecular complexity index is 233. The van der Waals surface area contributed by atoms with Gasteiger partial charge in [-0.25, -0.2) is 0 Å². The first-order valence-corrected chi connectivity index (χ1v) is 6.84. The summed E-state index contributed by atoms with van der Waals surface area (Å²) in [4.78, 5) is 16.5. The first-order chi connectivity index (χ1) is 8.13. The Morgan fingerprint density at radius 3 is 2.29 bits per heavy atom. The standard InChI is InChI=1S/C13H27N3O/c1-5-15(6-2)12-7-9-16(10-8-12)13(17)11(3)14-4/h11-12,14H,5-10H2,1-4H3. The Hall–Kier alpha value is -0.610. The van der Waals surface area contributed by atoms with Crippen LogP contribution in [-0.4, -0.2) is 61.0 Å². The Labute approximate surface area is 105 Å². The SMILES string of the molecule is CCN(CC)C1CCN(C(=O)C(C)NC)CC1. The van der Waals surface area contributed by atoms with Crippen LogP contribution in [0.4, 0.5) is 0 Å². The molecule has 1 rings (SSSR count). The van der Waals surface area contributed by atoms with E-state index >= 15 is 0 Å². The molecule has 0 saturated carbocycles. The van der Waals surface area contributed by atoms with Crippen molar-refractivity contribution in [1.29, 1.82) is 0 Å². The van der Waals surface area contributed by atoms with E-state index in [-0.39, 0.29) is 11.9 Å². The van der Waals surface area contributed by atoms with E-state index in [4.69, 9.17) is 0 Å². The van der Waals surface area contributed by atoms with Crippen LogP contribution in [0.25, 0.3) is 0 Å². The van der Waals surface area contributed by atoms with Crippen LogP contribution < -0.4 is 5.32 Å². The fraction of sp³-hybridized carbons (Fsp3) is 0.923. The number of piperidine rings is 1. The van der Waals surface area contributed by atoms with Gasteiger partial charge in [-0.05, 0) is 39.9 Å². The maximum Gasteiger partial charge on any atom is 0.239 e. The Morgan fingerprint density at radius 1 is 1.35 bits per heavy atom. The summed E-state index contributed by atoms with van der Waals surface area (Å²) in [6.45, 7) is 10.4. The molecule has 1 aliphatic heterocycles. The summed E-state index contributed by atoms with van der Waals surface area (Å²) in [6, 6.07) is 0.610. The van der Waals surface area contributed by atoms with Gasteiger partial charge in [-0.15, -0.1) is 0 Å². The molecular formula is C13H27N3O. The van der Waals surface area contributed by atoms with Gasteiger partial charge in [0.05, 0.1) is 6.04 Å². The van der Waals surface area contributed by atoms with Gasteiger partial charge >= 0.3 is 0 Å². The third kappa shape index (κ3) is 3.68. The number of nitrogens with zero attached hydrogens (tertiary/aromatic N) is 2. The third-order valence-corrected chi connectivity index (χ3v) is 3.91. The van der Waals surface area contributed by atoms with E-state index in [0.717, 1.165) is 39.0 Å². The average Bonchev–Trinajstić information content (AvgIpc) is 2.39. The summed E-state index contributed by atoms with van der Waals surface area (Å²) in [5, 5.41) is 3.02. The van der Waals surface area contributed by atoms with Crippen molar-refractivity contribution in [1.82, 2.24) is 15.1 Å².